The lowest BCUT2D eigenvalue weighted by molar-refractivity contribution is -0.131. The van der Waals surface area contributed by atoms with Gasteiger partial charge in [-0.25, -0.2) is 9.59 Å². The molecule has 0 saturated carbocycles. The lowest BCUT2D eigenvalue weighted by Crippen LogP contribution is -2.59. The van der Waals surface area contributed by atoms with Crippen LogP contribution in [0.2, 0.25) is 0 Å². The number of carboxylic acid groups (broad SMARTS) is 1. The summed E-state index contributed by atoms with van der Waals surface area (Å²) in [4.78, 5) is 61.9. The zero-order chi connectivity index (χ0) is 42.9. The summed E-state index contributed by atoms with van der Waals surface area (Å²) in [7, 11) is 0. The number of amides is 5. The van der Waals surface area contributed by atoms with Gasteiger partial charge in [0.25, 0.3) is 0 Å². The molecule has 1 aliphatic heterocycles. The molecule has 5 atom stereocenters. The average molecular weight is 806 g/mol. The van der Waals surface area contributed by atoms with Gasteiger partial charge >= 0.3 is 12.1 Å². The number of nitrogens with zero attached hydrogens (tertiary/aromatic N) is 3. The summed E-state index contributed by atoms with van der Waals surface area (Å²) in [6.07, 6.45) is -0.195. The van der Waals surface area contributed by atoms with Crippen LogP contribution < -0.4 is 21.7 Å². The van der Waals surface area contributed by atoms with E-state index in [0.29, 0.717) is 31.7 Å². The molecular weight excluding hydrogens is 747 g/mol. The van der Waals surface area contributed by atoms with E-state index in [1.54, 1.807) is 42.8 Å². The van der Waals surface area contributed by atoms with Crippen LogP contribution in [-0.2, 0) is 29.0 Å². The number of aliphatic hydroxyl groups excluding tert-OH is 1. The van der Waals surface area contributed by atoms with Crippen LogP contribution in [0.3, 0.4) is 0 Å². The van der Waals surface area contributed by atoms with Crippen molar-refractivity contribution in [1.82, 2.24) is 30.7 Å². The van der Waals surface area contributed by atoms with Crippen molar-refractivity contribution in [2.45, 2.75) is 97.6 Å². The molecule has 0 unspecified atom stereocenters. The summed E-state index contributed by atoms with van der Waals surface area (Å²) in [5.41, 5.74) is 9.62. The monoisotopic (exact) mass is 805 g/mol. The normalized spacial score (nSPS) is 15.8. The molecule has 13 heteroatoms. The Morgan fingerprint density at radius 3 is 2.02 bits per heavy atom. The first-order valence-electron chi connectivity index (χ1n) is 20.1. The summed E-state index contributed by atoms with van der Waals surface area (Å²) in [5, 5.41) is 30.3. The average Bonchev–Trinajstić information content (AvgIpc) is 3.52. The first kappa shape index (κ1) is 44.2. The highest BCUT2D eigenvalue weighted by Crippen LogP contribution is 2.30. The van der Waals surface area contributed by atoms with Gasteiger partial charge in [0.2, 0.25) is 11.8 Å². The summed E-state index contributed by atoms with van der Waals surface area (Å²) in [6, 6.07) is 26.6. The molecule has 4 aromatic rings. The predicted octanol–water partition coefficient (Wildman–Crippen LogP) is 5.87. The molecular formula is C46H59N7O6. The third-order valence-electron chi connectivity index (χ3n) is 10.7. The first-order chi connectivity index (χ1) is 27.9. The highest BCUT2D eigenvalue weighted by molar-refractivity contribution is 5.89. The van der Waals surface area contributed by atoms with Gasteiger partial charge in [-0.15, -0.1) is 0 Å². The van der Waals surface area contributed by atoms with E-state index in [2.05, 4.69) is 20.9 Å². The van der Waals surface area contributed by atoms with Crippen LogP contribution in [0.5, 0.6) is 0 Å². The van der Waals surface area contributed by atoms with Crippen LogP contribution in [0.25, 0.3) is 11.3 Å². The van der Waals surface area contributed by atoms with Gasteiger partial charge in [-0.3, -0.25) is 14.6 Å². The highest BCUT2D eigenvalue weighted by atomic mass is 16.4. The number of hydrogen-bond acceptors (Lipinski definition) is 7. The fourth-order valence-electron chi connectivity index (χ4n) is 7.65. The molecule has 1 aliphatic rings. The van der Waals surface area contributed by atoms with Gasteiger partial charge in [-0.1, -0.05) is 120 Å². The van der Waals surface area contributed by atoms with E-state index < -0.39 is 59.0 Å². The van der Waals surface area contributed by atoms with Crippen molar-refractivity contribution in [3.05, 3.63) is 120 Å². The zero-order valence-electron chi connectivity index (χ0n) is 34.9. The maximum Gasteiger partial charge on any atom is 0.405 e. The molecule has 7 N–H and O–H groups in total. The molecule has 13 nitrogen and oxygen atoms in total. The summed E-state index contributed by atoms with van der Waals surface area (Å²) in [5.74, 6) is -0.941. The molecule has 59 heavy (non-hydrogen) atoms. The molecule has 1 aromatic heterocycles. The summed E-state index contributed by atoms with van der Waals surface area (Å²) in [6.45, 7) is 12.1. The van der Waals surface area contributed by atoms with E-state index in [0.717, 1.165) is 27.9 Å². The number of nitrogens with one attached hydrogen (secondary N) is 3. The topological polar surface area (TPSA) is 190 Å². The van der Waals surface area contributed by atoms with Crippen LogP contribution in [0.15, 0.2) is 103 Å². The van der Waals surface area contributed by atoms with Crippen molar-refractivity contribution in [3.8, 4) is 11.3 Å². The van der Waals surface area contributed by atoms with Gasteiger partial charge in [0, 0.05) is 43.1 Å². The lowest BCUT2D eigenvalue weighted by atomic mass is 9.84. The Morgan fingerprint density at radius 2 is 1.41 bits per heavy atom. The van der Waals surface area contributed by atoms with Crippen molar-refractivity contribution in [2.75, 3.05) is 18.8 Å². The Kier molecular flexibility index (Phi) is 14.4. The van der Waals surface area contributed by atoms with Gasteiger partial charge in [-0.2, -0.15) is 0 Å². The molecule has 2 heterocycles. The standard InChI is InChI=1S/C46H59N7O6/c1-45(2,3)39(51-43(57)58)41(55)49-34(26-31-19-21-32(22-20-31)36-18-12-13-23-48-36)28-38(54)37(27-30-14-8-7-9-15-30)50-42(56)40(46(4,5)6)53-25-24-52(44(53)59)29-33-16-10-11-17-35(33)47/h7-23,34,37-40,51,54H,24-29,47H2,1-6H3,(H,49,55)(H,50,56)(H,57,58)/t34-,37-,38-,39+,40+/m0/s1. The molecule has 314 valence electrons. The number of carbonyl (C=O) groups excluding carboxylic acids is 3. The van der Waals surface area contributed by atoms with Crippen molar-refractivity contribution in [3.63, 3.8) is 0 Å². The number of rotatable bonds is 16. The number of hydrogen-bond donors (Lipinski definition) is 6. The fraction of sp³-hybridized carbons (Fsp3) is 0.413. The van der Waals surface area contributed by atoms with Crippen molar-refractivity contribution >= 4 is 29.6 Å². The van der Waals surface area contributed by atoms with E-state index in [1.807, 2.05) is 112 Å². The number of benzene rings is 3. The number of aromatic nitrogens is 1. The van der Waals surface area contributed by atoms with Gasteiger partial charge in [-0.05, 0) is 65.0 Å². The number of pyridine rings is 1. The Labute approximate surface area is 347 Å². The minimum Gasteiger partial charge on any atom is -0.465 e. The third-order valence-corrected chi connectivity index (χ3v) is 10.7. The van der Waals surface area contributed by atoms with Gasteiger partial charge in [0.15, 0.2) is 0 Å². The Morgan fingerprint density at radius 1 is 0.763 bits per heavy atom. The number of nitrogen functional groups attached to an aromatic ring is 1. The minimum atomic E-state index is -1.33. The molecule has 5 rings (SSSR count). The number of aliphatic hydroxyl groups is 1. The van der Waals surface area contributed by atoms with E-state index >= 15 is 0 Å². The molecule has 0 radical (unpaired) electrons. The van der Waals surface area contributed by atoms with Crippen LogP contribution in [-0.4, -0.2) is 92.3 Å². The van der Waals surface area contributed by atoms with Gasteiger partial charge < -0.3 is 41.7 Å². The molecule has 3 aromatic carbocycles. The Hall–Kier alpha value is -5.95. The minimum absolute atomic E-state index is 0.0184. The molecule has 0 aliphatic carbocycles. The lowest BCUT2D eigenvalue weighted by Gasteiger charge is -2.38. The van der Waals surface area contributed by atoms with E-state index in [1.165, 1.54) is 0 Å². The van der Waals surface area contributed by atoms with Gasteiger partial charge in [0.1, 0.15) is 12.1 Å². The summed E-state index contributed by atoms with van der Waals surface area (Å²) >= 11 is 0. The number of urea groups is 1. The Balaban J connectivity index is 1.41. The number of carbonyl (C=O) groups is 4. The quantitative estimate of drug-likeness (QED) is 0.0758. The number of anilines is 1. The van der Waals surface area contributed by atoms with Gasteiger partial charge in [0.05, 0.1) is 17.8 Å². The van der Waals surface area contributed by atoms with Crippen LogP contribution in [0.1, 0.15) is 64.7 Å². The SMILES string of the molecule is CC(C)(C)[C@H](NC(=O)O)C(=O)N[C@@H](Cc1ccc(-c2ccccn2)cc1)C[C@H](O)[C@H](Cc1ccccc1)NC(=O)[C@@H](N1CCN(Cc2ccccc2N)C1=O)C(C)(C)C. The number of para-hydroxylation sites is 1. The smallest absolute Gasteiger partial charge is 0.405 e. The van der Waals surface area contributed by atoms with Crippen molar-refractivity contribution < 1.29 is 29.4 Å². The first-order valence-corrected chi connectivity index (χ1v) is 20.1. The fourth-order valence-corrected chi connectivity index (χ4v) is 7.65. The third kappa shape index (κ3) is 12.0. The second-order valence-electron chi connectivity index (χ2n) is 17.5. The van der Waals surface area contributed by atoms with Crippen LogP contribution >= 0.6 is 0 Å². The van der Waals surface area contributed by atoms with E-state index in [-0.39, 0.29) is 18.9 Å². The molecule has 5 amide bonds. The van der Waals surface area contributed by atoms with Crippen LogP contribution in [0.4, 0.5) is 15.3 Å². The maximum atomic E-state index is 14.6. The highest BCUT2D eigenvalue weighted by Gasteiger charge is 2.44. The second kappa shape index (κ2) is 19.2. The predicted molar refractivity (Wildman–Crippen MR) is 229 cm³/mol. The Bertz CT molecular complexity index is 2030. The molecule has 1 saturated heterocycles. The van der Waals surface area contributed by atoms with Crippen LogP contribution in [0, 0.1) is 10.8 Å². The zero-order valence-corrected chi connectivity index (χ0v) is 34.9. The molecule has 0 spiro atoms. The maximum absolute atomic E-state index is 14.6. The van der Waals surface area contributed by atoms with E-state index in [4.69, 9.17) is 5.73 Å². The summed E-state index contributed by atoms with van der Waals surface area (Å²) < 4.78 is 0. The molecule has 1 fully saturated rings. The molecule has 0 bridgehead atoms. The largest absolute Gasteiger partial charge is 0.465 e. The van der Waals surface area contributed by atoms with Crippen molar-refractivity contribution in [1.29, 1.82) is 0 Å². The second-order valence-corrected chi connectivity index (χ2v) is 17.5. The number of nitrogens with two attached hydrogens (primary N) is 1. The van der Waals surface area contributed by atoms with Crippen molar-refractivity contribution in [2.24, 2.45) is 10.8 Å². The van der Waals surface area contributed by atoms with E-state index in [9.17, 15) is 29.4 Å².